The normalized spacial score (nSPS) is 14.2. The van der Waals surface area contributed by atoms with Crippen LogP contribution in [0.3, 0.4) is 0 Å². The van der Waals surface area contributed by atoms with Gasteiger partial charge in [0.25, 0.3) is 5.91 Å². The molecule has 6 nitrogen and oxygen atoms in total. The molecule has 9 heteroatoms. The number of anilines is 1. The number of rotatable bonds is 8. The van der Waals surface area contributed by atoms with Crippen LogP contribution in [0, 0.1) is 6.92 Å². The highest BCUT2D eigenvalue weighted by Crippen LogP contribution is 2.36. The van der Waals surface area contributed by atoms with Gasteiger partial charge >= 0.3 is 0 Å². The Kier molecular flexibility index (Phi) is 9.26. The van der Waals surface area contributed by atoms with Gasteiger partial charge in [-0.3, -0.25) is 9.69 Å². The summed E-state index contributed by atoms with van der Waals surface area (Å²) >= 11 is 3.45. The first-order valence-corrected chi connectivity index (χ1v) is 12.8. The fourth-order valence-corrected chi connectivity index (χ4v) is 5.82. The maximum Gasteiger partial charge on any atom is 0.252 e. The Morgan fingerprint density at radius 3 is 2.67 bits per heavy atom. The van der Waals surface area contributed by atoms with Crippen LogP contribution in [-0.2, 0) is 0 Å². The van der Waals surface area contributed by atoms with E-state index >= 15 is 0 Å². The first kappa shape index (κ1) is 25.6. The van der Waals surface area contributed by atoms with Crippen molar-refractivity contribution in [3.8, 4) is 5.75 Å². The van der Waals surface area contributed by atoms with Gasteiger partial charge in [-0.25, -0.2) is 4.98 Å². The largest absolute Gasteiger partial charge is 0.494 e. The number of nitrogens with one attached hydrogen (secondary N) is 1. The SMILES string of the molecule is CCSc1ccccc1C(=O)NCCN1CCN(c2nc3c(OC)ccc(C)c3s2)CC1.Cl. The summed E-state index contributed by atoms with van der Waals surface area (Å²) in [5, 5.41) is 4.15. The number of ether oxygens (including phenoxy) is 1. The van der Waals surface area contributed by atoms with Crippen molar-refractivity contribution in [2.45, 2.75) is 18.7 Å². The number of fused-ring (bicyclic) bond motifs is 1. The fraction of sp³-hybridized carbons (Fsp3) is 0.417. The third-order valence-electron chi connectivity index (χ3n) is 5.70. The van der Waals surface area contributed by atoms with Crippen molar-refractivity contribution in [2.24, 2.45) is 0 Å². The topological polar surface area (TPSA) is 57.7 Å². The Morgan fingerprint density at radius 1 is 1.18 bits per heavy atom. The molecule has 0 aliphatic carbocycles. The van der Waals surface area contributed by atoms with Crippen LogP contribution in [0.25, 0.3) is 10.2 Å². The zero-order valence-corrected chi connectivity index (χ0v) is 21.7. The number of thiazole rings is 1. The zero-order valence-electron chi connectivity index (χ0n) is 19.3. The monoisotopic (exact) mass is 506 g/mol. The minimum absolute atomic E-state index is 0. The number of amides is 1. The van der Waals surface area contributed by atoms with Crippen LogP contribution < -0.4 is 15.0 Å². The number of piperazine rings is 1. The van der Waals surface area contributed by atoms with E-state index in [4.69, 9.17) is 9.72 Å². The van der Waals surface area contributed by atoms with Crippen molar-refractivity contribution in [3.05, 3.63) is 47.5 Å². The quantitative estimate of drug-likeness (QED) is 0.447. The Labute approximate surface area is 210 Å². The molecule has 1 aromatic heterocycles. The third kappa shape index (κ3) is 5.93. The van der Waals surface area contributed by atoms with E-state index in [2.05, 4.69) is 35.0 Å². The molecule has 1 N–H and O–H groups in total. The number of methoxy groups -OCH3 is 1. The molecule has 1 aliphatic heterocycles. The van der Waals surface area contributed by atoms with Crippen LogP contribution in [0.5, 0.6) is 5.75 Å². The average molecular weight is 507 g/mol. The van der Waals surface area contributed by atoms with E-state index in [-0.39, 0.29) is 18.3 Å². The second-order valence-corrected chi connectivity index (χ2v) is 10.1. The van der Waals surface area contributed by atoms with Crippen LogP contribution in [0.15, 0.2) is 41.3 Å². The Hall–Kier alpha value is -2.00. The molecule has 0 spiro atoms. The summed E-state index contributed by atoms with van der Waals surface area (Å²) in [4.78, 5) is 23.3. The predicted molar refractivity (Wildman–Crippen MR) is 142 cm³/mol. The second kappa shape index (κ2) is 11.9. The van der Waals surface area contributed by atoms with Gasteiger partial charge in [0.05, 0.1) is 17.4 Å². The maximum absolute atomic E-state index is 12.6. The number of carbonyl (C=O) groups is 1. The predicted octanol–water partition coefficient (Wildman–Crippen LogP) is 4.70. The molecular formula is C24H31ClN4O2S2. The first-order valence-electron chi connectivity index (χ1n) is 11.0. The van der Waals surface area contributed by atoms with Gasteiger partial charge in [0, 0.05) is 44.2 Å². The van der Waals surface area contributed by atoms with Gasteiger partial charge in [-0.2, -0.15) is 0 Å². The van der Waals surface area contributed by atoms with Crippen LogP contribution in [0.4, 0.5) is 5.13 Å². The van der Waals surface area contributed by atoms with Crippen molar-refractivity contribution in [1.82, 2.24) is 15.2 Å². The number of nitrogens with zero attached hydrogens (tertiary/aromatic N) is 3. The number of aryl methyl sites for hydroxylation is 1. The molecule has 33 heavy (non-hydrogen) atoms. The van der Waals surface area contributed by atoms with E-state index < -0.39 is 0 Å². The zero-order chi connectivity index (χ0) is 22.5. The number of carbonyl (C=O) groups excluding carboxylic acids is 1. The summed E-state index contributed by atoms with van der Waals surface area (Å²) in [6.07, 6.45) is 0. The minimum Gasteiger partial charge on any atom is -0.494 e. The van der Waals surface area contributed by atoms with Gasteiger partial charge in [-0.05, 0) is 36.4 Å². The number of halogens is 1. The number of aromatic nitrogens is 1. The Balaban J connectivity index is 0.00000306. The Morgan fingerprint density at radius 2 is 1.94 bits per heavy atom. The van der Waals surface area contributed by atoms with E-state index in [1.54, 1.807) is 30.2 Å². The second-order valence-electron chi connectivity index (χ2n) is 7.77. The van der Waals surface area contributed by atoms with Crippen molar-refractivity contribution < 1.29 is 9.53 Å². The smallest absolute Gasteiger partial charge is 0.252 e. The molecule has 2 aromatic carbocycles. The minimum atomic E-state index is 0. The first-order chi connectivity index (χ1) is 15.6. The van der Waals surface area contributed by atoms with Gasteiger partial charge in [0.2, 0.25) is 0 Å². The van der Waals surface area contributed by atoms with Crippen LogP contribution >= 0.6 is 35.5 Å². The number of hydrogen-bond donors (Lipinski definition) is 1. The number of hydrogen-bond acceptors (Lipinski definition) is 7. The highest BCUT2D eigenvalue weighted by atomic mass is 35.5. The highest BCUT2D eigenvalue weighted by Gasteiger charge is 2.21. The van der Waals surface area contributed by atoms with Gasteiger partial charge in [0.1, 0.15) is 11.3 Å². The van der Waals surface area contributed by atoms with Crippen molar-refractivity contribution >= 4 is 56.8 Å². The summed E-state index contributed by atoms with van der Waals surface area (Å²) in [6, 6.07) is 11.9. The van der Waals surface area contributed by atoms with Crippen molar-refractivity contribution in [1.29, 1.82) is 0 Å². The van der Waals surface area contributed by atoms with Crippen molar-refractivity contribution in [3.63, 3.8) is 0 Å². The van der Waals surface area contributed by atoms with E-state index in [0.717, 1.165) is 65.3 Å². The lowest BCUT2D eigenvalue weighted by atomic mass is 10.2. The molecular weight excluding hydrogens is 476 g/mol. The maximum atomic E-state index is 12.6. The van der Waals surface area contributed by atoms with E-state index in [1.165, 1.54) is 10.3 Å². The molecule has 4 rings (SSSR count). The van der Waals surface area contributed by atoms with Gasteiger partial charge in [-0.15, -0.1) is 24.2 Å². The number of thioether (sulfide) groups is 1. The summed E-state index contributed by atoms with van der Waals surface area (Å²) in [5.41, 5.74) is 2.96. The molecule has 0 radical (unpaired) electrons. The molecule has 0 unspecified atom stereocenters. The molecule has 1 saturated heterocycles. The van der Waals surface area contributed by atoms with Crippen LogP contribution in [-0.4, -0.2) is 67.9 Å². The molecule has 0 bridgehead atoms. The van der Waals surface area contributed by atoms with Crippen molar-refractivity contribution in [2.75, 3.05) is 57.0 Å². The van der Waals surface area contributed by atoms with Crippen LogP contribution in [0.1, 0.15) is 22.8 Å². The fourth-order valence-electron chi connectivity index (χ4n) is 3.92. The van der Waals surface area contributed by atoms with E-state index in [1.807, 2.05) is 30.3 Å². The molecule has 1 amide bonds. The molecule has 2 heterocycles. The lowest BCUT2D eigenvalue weighted by Gasteiger charge is -2.34. The summed E-state index contributed by atoms with van der Waals surface area (Å²) in [7, 11) is 1.70. The molecule has 0 atom stereocenters. The average Bonchev–Trinajstić information content (AvgIpc) is 3.27. The number of benzene rings is 2. The van der Waals surface area contributed by atoms with Crippen LogP contribution in [0.2, 0.25) is 0 Å². The Bertz CT molecular complexity index is 1080. The molecule has 1 fully saturated rings. The molecule has 178 valence electrons. The van der Waals surface area contributed by atoms with Gasteiger partial charge in [0.15, 0.2) is 5.13 Å². The van der Waals surface area contributed by atoms with Gasteiger partial charge < -0.3 is 15.0 Å². The van der Waals surface area contributed by atoms with E-state index in [0.29, 0.717) is 6.54 Å². The standard InChI is InChI=1S/C24H30N4O2S2.ClH/c1-4-31-20-8-6-5-7-18(20)23(29)25-11-12-27-13-15-28(16-14-27)24-26-21-19(30-3)10-9-17(2)22(21)32-24;/h5-10H,4,11-16H2,1-3H3,(H,25,29);1H. The summed E-state index contributed by atoms with van der Waals surface area (Å²) in [5.74, 6) is 1.80. The lowest BCUT2D eigenvalue weighted by molar-refractivity contribution is 0.0945. The molecule has 0 saturated carbocycles. The summed E-state index contributed by atoms with van der Waals surface area (Å²) in [6.45, 7) is 9.53. The molecule has 3 aromatic rings. The lowest BCUT2D eigenvalue weighted by Crippen LogP contribution is -2.48. The highest BCUT2D eigenvalue weighted by molar-refractivity contribution is 7.99. The van der Waals surface area contributed by atoms with E-state index in [9.17, 15) is 4.79 Å². The summed E-state index contributed by atoms with van der Waals surface area (Å²) < 4.78 is 6.70. The molecule has 1 aliphatic rings. The third-order valence-corrected chi connectivity index (χ3v) is 7.91. The van der Waals surface area contributed by atoms with Gasteiger partial charge in [-0.1, -0.05) is 36.5 Å².